The predicted octanol–water partition coefficient (Wildman–Crippen LogP) is 6.53. The number of hydrogen-bond acceptors (Lipinski definition) is 1. The van der Waals surface area contributed by atoms with Crippen molar-refractivity contribution in [2.45, 2.75) is 79.7 Å². The van der Waals surface area contributed by atoms with Gasteiger partial charge in [-0.15, -0.1) is 0 Å². The van der Waals surface area contributed by atoms with E-state index in [2.05, 4.69) is 6.92 Å². The first-order chi connectivity index (χ1) is 11.1. The van der Waals surface area contributed by atoms with Crippen molar-refractivity contribution >= 4 is 23.2 Å². The molecule has 0 fully saturated rings. The van der Waals surface area contributed by atoms with Crippen LogP contribution in [0.1, 0.15) is 72.3 Å². The zero-order valence-electron chi connectivity index (χ0n) is 15.9. The number of rotatable bonds is 7. The van der Waals surface area contributed by atoms with Crippen LogP contribution < -0.4 is 4.90 Å². The number of amides is 1. The molecule has 1 aromatic rings. The lowest BCUT2D eigenvalue weighted by molar-refractivity contribution is -0.120. The van der Waals surface area contributed by atoms with Crippen molar-refractivity contribution in [3.05, 3.63) is 28.5 Å². The van der Waals surface area contributed by atoms with Gasteiger partial charge in [-0.1, -0.05) is 58.6 Å². The van der Waals surface area contributed by atoms with E-state index in [1.165, 1.54) is 6.07 Å². The molecule has 0 spiro atoms. The van der Waals surface area contributed by atoms with E-state index in [1.54, 1.807) is 17.9 Å². The molecule has 0 heterocycles. The summed E-state index contributed by atoms with van der Waals surface area (Å²) >= 11 is 6.28. The lowest BCUT2D eigenvalue weighted by atomic mass is 9.91. The van der Waals surface area contributed by atoms with Gasteiger partial charge in [0.1, 0.15) is 5.82 Å². The number of carbonyl (C=O) groups excluding carboxylic acids is 1. The first kappa shape index (κ1) is 21.0. The fourth-order valence-electron chi connectivity index (χ4n) is 2.80. The Balaban J connectivity index is 3.17. The van der Waals surface area contributed by atoms with Crippen molar-refractivity contribution in [1.29, 1.82) is 0 Å². The molecule has 0 saturated heterocycles. The average molecular weight is 356 g/mol. The molecule has 136 valence electrons. The van der Waals surface area contributed by atoms with E-state index in [-0.39, 0.29) is 23.2 Å². The minimum atomic E-state index is -0.342. The normalized spacial score (nSPS) is 13.0. The molecule has 0 radical (unpaired) electrons. The first-order valence-corrected chi connectivity index (χ1v) is 9.22. The molecule has 1 aromatic carbocycles. The summed E-state index contributed by atoms with van der Waals surface area (Å²) in [6, 6.07) is 3.03. The van der Waals surface area contributed by atoms with Gasteiger partial charge >= 0.3 is 0 Å². The number of nitrogens with zero attached hydrogens (tertiary/aromatic N) is 1. The quantitative estimate of drug-likeness (QED) is 0.509. The van der Waals surface area contributed by atoms with Gasteiger partial charge in [0.25, 0.3) is 0 Å². The van der Waals surface area contributed by atoms with Gasteiger partial charge < -0.3 is 4.90 Å². The summed E-state index contributed by atoms with van der Waals surface area (Å²) in [7, 11) is 0. The molecule has 1 atom stereocenters. The summed E-state index contributed by atoms with van der Waals surface area (Å²) in [5.41, 5.74) is 1.01. The predicted molar refractivity (Wildman–Crippen MR) is 101 cm³/mol. The molecule has 1 amide bonds. The Labute approximate surface area is 151 Å². The number of unbranched alkanes of at least 4 members (excludes halogenated alkanes) is 2. The molecule has 2 nitrogen and oxygen atoms in total. The fraction of sp³-hybridized carbons (Fsp3) is 0.650. The van der Waals surface area contributed by atoms with Crippen LogP contribution in [0.15, 0.2) is 12.1 Å². The van der Waals surface area contributed by atoms with Crippen LogP contribution in [-0.4, -0.2) is 11.9 Å². The van der Waals surface area contributed by atoms with Crippen molar-refractivity contribution in [2.24, 2.45) is 5.41 Å². The van der Waals surface area contributed by atoms with E-state index < -0.39 is 0 Å². The van der Waals surface area contributed by atoms with Gasteiger partial charge in [-0.3, -0.25) is 4.79 Å². The Morgan fingerprint density at radius 3 is 2.46 bits per heavy atom. The molecule has 1 unspecified atom stereocenters. The second kappa shape index (κ2) is 8.84. The lowest BCUT2D eigenvalue weighted by Crippen LogP contribution is -2.40. The maximum absolute atomic E-state index is 13.8. The second-order valence-electron chi connectivity index (χ2n) is 7.90. The fourth-order valence-corrected chi connectivity index (χ4v) is 3.04. The Kier molecular flexibility index (Phi) is 7.72. The molecule has 24 heavy (non-hydrogen) atoms. The summed E-state index contributed by atoms with van der Waals surface area (Å²) in [6.07, 6.45) is 4.68. The van der Waals surface area contributed by atoms with Crippen LogP contribution in [0.2, 0.25) is 5.02 Å². The molecule has 0 aliphatic heterocycles. The Morgan fingerprint density at radius 2 is 1.92 bits per heavy atom. The monoisotopic (exact) mass is 355 g/mol. The number of halogens is 2. The summed E-state index contributed by atoms with van der Waals surface area (Å²) in [4.78, 5) is 14.7. The van der Waals surface area contributed by atoms with Crippen LogP contribution in [0.5, 0.6) is 0 Å². The molecule has 0 N–H and O–H groups in total. The molecule has 0 bridgehead atoms. The highest BCUT2D eigenvalue weighted by molar-refractivity contribution is 6.33. The molecular formula is C20H31ClFNO. The van der Waals surface area contributed by atoms with E-state index in [4.69, 9.17) is 11.6 Å². The third-order valence-electron chi connectivity index (χ3n) is 4.10. The smallest absolute Gasteiger partial charge is 0.227 e. The summed E-state index contributed by atoms with van der Waals surface area (Å²) < 4.78 is 13.8. The van der Waals surface area contributed by atoms with Crippen molar-refractivity contribution in [3.8, 4) is 0 Å². The van der Waals surface area contributed by atoms with E-state index in [0.717, 1.165) is 25.7 Å². The largest absolute Gasteiger partial charge is 0.308 e. The molecule has 0 aliphatic carbocycles. The Hall–Kier alpha value is -1.09. The third-order valence-corrected chi connectivity index (χ3v) is 4.41. The van der Waals surface area contributed by atoms with Crippen LogP contribution in [0.25, 0.3) is 0 Å². The van der Waals surface area contributed by atoms with Crippen LogP contribution in [0.3, 0.4) is 0 Å². The SMILES string of the molecule is CCCCCC(C)N(C(=O)CC(C)(C)C)c1cc(C)c(F)cc1Cl. The third kappa shape index (κ3) is 6.08. The van der Waals surface area contributed by atoms with Crippen LogP contribution in [-0.2, 0) is 4.79 Å². The molecule has 1 rings (SSSR count). The van der Waals surface area contributed by atoms with Gasteiger partial charge in [0.15, 0.2) is 0 Å². The van der Waals surface area contributed by atoms with Crippen LogP contribution >= 0.6 is 11.6 Å². The summed E-state index contributed by atoms with van der Waals surface area (Å²) in [5, 5.41) is 0.294. The molecule has 0 aromatic heterocycles. The molecule has 0 aliphatic rings. The van der Waals surface area contributed by atoms with Gasteiger partial charge in [0.2, 0.25) is 5.91 Å². The average Bonchev–Trinajstić information content (AvgIpc) is 2.43. The second-order valence-corrected chi connectivity index (χ2v) is 8.31. The maximum atomic E-state index is 13.8. The minimum Gasteiger partial charge on any atom is -0.308 e. The number of carbonyl (C=O) groups is 1. The van der Waals surface area contributed by atoms with E-state index in [0.29, 0.717) is 22.7 Å². The zero-order valence-corrected chi connectivity index (χ0v) is 16.6. The minimum absolute atomic E-state index is 0.0359. The highest BCUT2D eigenvalue weighted by Crippen LogP contribution is 2.33. The lowest BCUT2D eigenvalue weighted by Gasteiger charge is -2.33. The highest BCUT2D eigenvalue weighted by atomic mass is 35.5. The highest BCUT2D eigenvalue weighted by Gasteiger charge is 2.28. The Morgan fingerprint density at radius 1 is 1.29 bits per heavy atom. The van der Waals surface area contributed by atoms with Crippen molar-refractivity contribution in [2.75, 3.05) is 4.90 Å². The number of anilines is 1. The number of benzene rings is 1. The molecule has 0 saturated carbocycles. The van der Waals surface area contributed by atoms with Gasteiger partial charge in [-0.25, -0.2) is 4.39 Å². The van der Waals surface area contributed by atoms with E-state index in [1.807, 2.05) is 27.7 Å². The Bertz CT molecular complexity index is 565. The summed E-state index contributed by atoms with van der Waals surface area (Å²) in [5.74, 6) is -0.301. The molecule has 4 heteroatoms. The number of aryl methyl sites for hydroxylation is 1. The van der Waals surface area contributed by atoms with Gasteiger partial charge in [0.05, 0.1) is 10.7 Å². The van der Waals surface area contributed by atoms with Gasteiger partial charge in [0, 0.05) is 12.5 Å². The van der Waals surface area contributed by atoms with Crippen molar-refractivity contribution in [1.82, 2.24) is 0 Å². The van der Waals surface area contributed by atoms with E-state index >= 15 is 0 Å². The topological polar surface area (TPSA) is 20.3 Å². The van der Waals surface area contributed by atoms with Gasteiger partial charge in [-0.2, -0.15) is 0 Å². The van der Waals surface area contributed by atoms with E-state index in [9.17, 15) is 9.18 Å². The standard InChI is InChI=1S/C20H31ClFNO/c1-7-8-9-10-15(3)23(19(24)13-20(4,5)6)18-11-14(2)17(22)12-16(18)21/h11-12,15H,7-10,13H2,1-6H3. The van der Waals surface area contributed by atoms with Crippen molar-refractivity contribution in [3.63, 3.8) is 0 Å². The zero-order chi connectivity index (χ0) is 18.5. The van der Waals surface area contributed by atoms with Crippen LogP contribution in [0.4, 0.5) is 10.1 Å². The maximum Gasteiger partial charge on any atom is 0.227 e. The van der Waals surface area contributed by atoms with Gasteiger partial charge in [-0.05, 0) is 43.4 Å². The first-order valence-electron chi connectivity index (χ1n) is 8.84. The molecular weight excluding hydrogens is 325 g/mol. The van der Waals surface area contributed by atoms with Crippen molar-refractivity contribution < 1.29 is 9.18 Å². The van der Waals surface area contributed by atoms with Crippen LogP contribution in [0, 0.1) is 18.2 Å². The number of hydrogen-bond donors (Lipinski definition) is 0. The summed E-state index contributed by atoms with van der Waals surface area (Å²) in [6.45, 7) is 12.0.